The van der Waals surface area contributed by atoms with Gasteiger partial charge in [0.1, 0.15) is 17.4 Å². The second kappa shape index (κ2) is 4.31. The Hall–Kier alpha value is -0.900. The first-order valence-corrected chi connectivity index (χ1v) is 5.26. The summed E-state index contributed by atoms with van der Waals surface area (Å²) in [6.45, 7) is 7.65. The van der Waals surface area contributed by atoms with Crippen LogP contribution in [0, 0.1) is 5.92 Å². The Bertz CT molecular complexity index is 267. The van der Waals surface area contributed by atoms with Crippen LogP contribution >= 0.6 is 0 Å². The Morgan fingerprint density at radius 2 is 1.93 bits per heavy atom. The first-order chi connectivity index (χ1) is 6.79. The van der Waals surface area contributed by atoms with Crippen molar-refractivity contribution in [1.29, 1.82) is 0 Å². The summed E-state index contributed by atoms with van der Waals surface area (Å²) >= 11 is 0. The minimum atomic E-state index is -0.465. The lowest BCUT2D eigenvalue weighted by Gasteiger charge is -2.22. The number of carbonyl (C=O) groups excluding carboxylic acids is 2. The maximum atomic E-state index is 11.6. The molecule has 1 aliphatic heterocycles. The van der Waals surface area contributed by atoms with E-state index in [2.05, 4.69) is 5.32 Å². The summed E-state index contributed by atoms with van der Waals surface area (Å²) < 4.78 is 5.24. The second-order valence-electron chi connectivity index (χ2n) is 5.04. The van der Waals surface area contributed by atoms with Crippen molar-refractivity contribution in [3.8, 4) is 0 Å². The maximum absolute atomic E-state index is 11.6. The second-order valence-corrected chi connectivity index (χ2v) is 5.04. The quantitative estimate of drug-likeness (QED) is 0.692. The molecule has 4 heteroatoms. The van der Waals surface area contributed by atoms with Crippen molar-refractivity contribution >= 4 is 11.8 Å². The fraction of sp³-hybridized carbons (Fsp3) is 0.818. The highest BCUT2D eigenvalue weighted by molar-refractivity contribution is 5.82. The number of esters is 1. The molecule has 0 aromatic carbocycles. The smallest absolute Gasteiger partial charge is 0.323 e. The summed E-state index contributed by atoms with van der Waals surface area (Å²) in [5, 5.41) is 3.01. The van der Waals surface area contributed by atoms with Crippen LogP contribution in [0.1, 0.15) is 34.1 Å². The maximum Gasteiger partial charge on any atom is 0.323 e. The van der Waals surface area contributed by atoms with Crippen molar-refractivity contribution in [2.45, 2.75) is 45.8 Å². The first kappa shape index (κ1) is 12.2. The van der Waals surface area contributed by atoms with Crippen molar-refractivity contribution < 1.29 is 14.3 Å². The molecule has 1 heterocycles. The molecule has 1 saturated heterocycles. The predicted octanol–water partition coefficient (Wildman–Crippen LogP) is 0.895. The van der Waals surface area contributed by atoms with Gasteiger partial charge >= 0.3 is 5.97 Å². The lowest BCUT2D eigenvalue weighted by Crippen LogP contribution is -2.37. The van der Waals surface area contributed by atoms with E-state index in [9.17, 15) is 9.59 Å². The number of hydrogen-bond acceptors (Lipinski definition) is 4. The highest BCUT2D eigenvalue weighted by atomic mass is 16.6. The Labute approximate surface area is 90.4 Å². The minimum absolute atomic E-state index is 0.0393. The molecule has 0 spiro atoms. The van der Waals surface area contributed by atoms with Gasteiger partial charge in [-0.1, -0.05) is 0 Å². The molecule has 86 valence electrons. The van der Waals surface area contributed by atoms with Crippen LogP contribution in [0.3, 0.4) is 0 Å². The molecule has 0 amide bonds. The van der Waals surface area contributed by atoms with Gasteiger partial charge < -0.3 is 10.1 Å². The van der Waals surface area contributed by atoms with Crippen molar-refractivity contribution in [3.63, 3.8) is 0 Å². The monoisotopic (exact) mass is 213 g/mol. The number of hydrogen-bond donors (Lipinski definition) is 1. The molecule has 2 atom stereocenters. The molecule has 15 heavy (non-hydrogen) atoms. The van der Waals surface area contributed by atoms with E-state index in [1.807, 2.05) is 20.8 Å². The van der Waals surface area contributed by atoms with Gasteiger partial charge in [0.25, 0.3) is 0 Å². The van der Waals surface area contributed by atoms with Crippen molar-refractivity contribution in [2.75, 3.05) is 6.54 Å². The van der Waals surface area contributed by atoms with Crippen LogP contribution in [0.15, 0.2) is 0 Å². The van der Waals surface area contributed by atoms with Crippen LogP contribution in [0.25, 0.3) is 0 Å². The summed E-state index contributed by atoms with van der Waals surface area (Å²) in [5.74, 6) is -0.165. The third-order valence-corrected chi connectivity index (χ3v) is 2.40. The molecule has 1 rings (SSSR count). The van der Waals surface area contributed by atoms with Crippen LogP contribution in [0.2, 0.25) is 0 Å². The average Bonchev–Trinajstić information content (AvgIpc) is 2.47. The molecular formula is C11H19NO3. The van der Waals surface area contributed by atoms with E-state index < -0.39 is 5.60 Å². The Kier molecular flexibility index (Phi) is 3.50. The molecule has 1 N–H and O–H groups in total. The van der Waals surface area contributed by atoms with E-state index in [0.29, 0.717) is 13.0 Å². The molecule has 1 fully saturated rings. The molecule has 0 aromatic rings. The van der Waals surface area contributed by atoms with E-state index >= 15 is 0 Å². The number of Topliss-reactive ketones (excluding diaryl/α,β-unsaturated/α-hetero) is 1. The number of carbonyl (C=O) groups is 2. The summed E-state index contributed by atoms with van der Waals surface area (Å²) in [7, 11) is 0. The predicted molar refractivity (Wildman–Crippen MR) is 56.4 cm³/mol. The summed E-state index contributed by atoms with van der Waals surface area (Å²) in [6.07, 6.45) is 0.560. The van der Waals surface area contributed by atoms with Gasteiger partial charge in [-0.05, 0) is 34.1 Å². The van der Waals surface area contributed by atoms with Crippen LogP contribution in [0.4, 0.5) is 0 Å². The molecule has 0 aliphatic carbocycles. The van der Waals surface area contributed by atoms with E-state index in [4.69, 9.17) is 4.74 Å². The van der Waals surface area contributed by atoms with Crippen LogP contribution in [-0.2, 0) is 14.3 Å². The zero-order valence-corrected chi connectivity index (χ0v) is 9.79. The summed E-state index contributed by atoms with van der Waals surface area (Å²) in [6, 6.07) is -0.321. The van der Waals surface area contributed by atoms with E-state index in [0.717, 1.165) is 0 Å². The largest absolute Gasteiger partial charge is 0.459 e. The molecule has 0 aromatic heterocycles. The van der Waals surface area contributed by atoms with Gasteiger partial charge in [0, 0.05) is 12.5 Å². The molecule has 2 unspecified atom stereocenters. The summed E-state index contributed by atoms with van der Waals surface area (Å²) in [4.78, 5) is 22.7. The van der Waals surface area contributed by atoms with E-state index in [1.54, 1.807) is 6.92 Å². The summed E-state index contributed by atoms with van der Waals surface area (Å²) in [5.41, 5.74) is -0.465. The highest BCUT2D eigenvalue weighted by Crippen LogP contribution is 2.18. The van der Waals surface area contributed by atoms with Gasteiger partial charge in [0.15, 0.2) is 0 Å². The molecule has 0 saturated carbocycles. The topological polar surface area (TPSA) is 55.4 Å². The molecule has 0 radical (unpaired) electrons. The van der Waals surface area contributed by atoms with Crippen LogP contribution in [0.5, 0.6) is 0 Å². The zero-order valence-electron chi connectivity index (χ0n) is 9.79. The normalized spacial score (nSPS) is 26.4. The van der Waals surface area contributed by atoms with Crippen molar-refractivity contribution in [3.05, 3.63) is 0 Å². The van der Waals surface area contributed by atoms with Gasteiger partial charge in [0.2, 0.25) is 0 Å². The molecule has 4 nitrogen and oxygen atoms in total. The SMILES string of the molecule is CC(=O)C1CNC(C(=O)OC(C)(C)C)C1. The van der Waals surface area contributed by atoms with E-state index in [1.165, 1.54) is 0 Å². The number of ether oxygens (including phenoxy) is 1. The molecule has 1 aliphatic rings. The standard InChI is InChI=1S/C11H19NO3/c1-7(13)8-5-9(12-6-8)10(14)15-11(2,3)4/h8-9,12H,5-6H2,1-4H3. The van der Waals surface area contributed by atoms with Crippen LogP contribution < -0.4 is 5.32 Å². The molecular weight excluding hydrogens is 194 g/mol. The fourth-order valence-corrected chi connectivity index (χ4v) is 1.60. The first-order valence-electron chi connectivity index (χ1n) is 5.26. The average molecular weight is 213 g/mol. The zero-order chi connectivity index (χ0) is 11.6. The van der Waals surface area contributed by atoms with Gasteiger partial charge in [-0.15, -0.1) is 0 Å². The third-order valence-electron chi connectivity index (χ3n) is 2.40. The van der Waals surface area contributed by atoms with E-state index in [-0.39, 0.29) is 23.7 Å². The van der Waals surface area contributed by atoms with Gasteiger partial charge in [-0.3, -0.25) is 9.59 Å². The number of nitrogens with one attached hydrogen (secondary N) is 1. The Morgan fingerprint density at radius 1 is 1.33 bits per heavy atom. The lowest BCUT2D eigenvalue weighted by molar-refractivity contribution is -0.157. The van der Waals surface area contributed by atoms with Gasteiger partial charge in [-0.2, -0.15) is 0 Å². The van der Waals surface area contributed by atoms with Crippen molar-refractivity contribution in [2.24, 2.45) is 5.92 Å². The Morgan fingerprint density at radius 3 is 2.33 bits per heavy atom. The molecule has 0 bridgehead atoms. The number of ketones is 1. The van der Waals surface area contributed by atoms with Gasteiger partial charge in [0.05, 0.1) is 0 Å². The Balaban J connectivity index is 2.47. The lowest BCUT2D eigenvalue weighted by atomic mass is 10.0. The third kappa shape index (κ3) is 3.63. The van der Waals surface area contributed by atoms with Crippen LogP contribution in [-0.4, -0.2) is 29.9 Å². The van der Waals surface area contributed by atoms with Gasteiger partial charge in [-0.25, -0.2) is 0 Å². The highest BCUT2D eigenvalue weighted by Gasteiger charge is 2.34. The minimum Gasteiger partial charge on any atom is -0.459 e. The fourth-order valence-electron chi connectivity index (χ4n) is 1.60. The number of rotatable bonds is 2. The van der Waals surface area contributed by atoms with Crippen molar-refractivity contribution in [1.82, 2.24) is 5.32 Å².